The number of aromatic nitrogens is 1. The summed E-state index contributed by atoms with van der Waals surface area (Å²) in [6.45, 7) is 0. The second kappa shape index (κ2) is 6.32. The molecular formula is C13H6Cl4F3NO. The summed E-state index contributed by atoms with van der Waals surface area (Å²) < 4.78 is 38.6. The van der Waals surface area contributed by atoms with Crippen molar-refractivity contribution >= 4 is 46.4 Å². The Morgan fingerprint density at radius 2 is 1.59 bits per heavy atom. The summed E-state index contributed by atoms with van der Waals surface area (Å²) in [7, 11) is 0. The third kappa shape index (κ3) is 3.54. The molecule has 0 aliphatic rings. The van der Waals surface area contributed by atoms with Crippen molar-refractivity contribution in [1.82, 2.24) is 4.57 Å². The van der Waals surface area contributed by atoms with E-state index in [0.29, 0.717) is 11.6 Å². The summed E-state index contributed by atoms with van der Waals surface area (Å²) in [5, 5.41) is 0.0753. The first-order chi connectivity index (χ1) is 10.1. The standard InChI is InChI=1S/C13H6Cl4F3NO/c14-8-3-6(12(16)17)4-9(15)11(8)21-2-1-7(5-10(21)22)13(18,19)20/h1-5,12H. The van der Waals surface area contributed by atoms with Crippen molar-refractivity contribution in [1.29, 1.82) is 0 Å². The smallest absolute Gasteiger partial charge is 0.281 e. The molecule has 0 spiro atoms. The summed E-state index contributed by atoms with van der Waals surface area (Å²) in [4.78, 5) is 11.0. The highest BCUT2D eigenvalue weighted by Crippen LogP contribution is 2.35. The van der Waals surface area contributed by atoms with E-state index in [2.05, 4.69) is 0 Å². The first-order valence-electron chi connectivity index (χ1n) is 5.68. The van der Waals surface area contributed by atoms with Crippen LogP contribution in [0.3, 0.4) is 0 Å². The number of rotatable bonds is 2. The normalized spacial score (nSPS) is 12.0. The number of benzene rings is 1. The largest absolute Gasteiger partial charge is 0.416 e. The van der Waals surface area contributed by atoms with Gasteiger partial charge in [-0.05, 0) is 23.8 Å². The zero-order chi connectivity index (χ0) is 16.7. The topological polar surface area (TPSA) is 22.0 Å². The van der Waals surface area contributed by atoms with Crippen LogP contribution in [0.4, 0.5) is 13.2 Å². The molecule has 0 aliphatic carbocycles. The second-order valence-corrected chi connectivity index (χ2v) is 6.17. The van der Waals surface area contributed by atoms with Crippen LogP contribution in [0.25, 0.3) is 5.69 Å². The highest BCUT2D eigenvalue weighted by atomic mass is 35.5. The maximum absolute atomic E-state index is 12.6. The van der Waals surface area contributed by atoms with E-state index in [1.807, 2.05) is 0 Å². The fourth-order valence-electron chi connectivity index (χ4n) is 1.78. The van der Waals surface area contributed by atoms with Crippen molar-refractivity contribution in [2.75, 3.05) is 0 Å². The van der Waals surface area contributed by atoms with Crippen LogP contribution < -0.4 is 5.56 Å². The Morgan fingerprint density at radius 1 is 1.05 bits per heavy atom. The number of hydrogen-bond acceptors (Lipinski definition) is 1. The van der Waals surface area contributed by atoms with Crippen LogP contribution in [0.2, 0.25) is 10.0 Å². The molecule has 0 saturated carbocycles. The van der Waals surface area contributed by atoms with E-state index in [9.17, 15) is 18.0 Å². The maximum atomic E-state index is 12.6. The number of nitrogens with zero attached hydrogens (tertiary/aromatic N) is 1. The molecule has 2 rings (SSSR count). The quantitative estimate of drug-likeness (QED) is 0.608. The van der Waals surface area contributed by atoms with Gasteiger partial charge < -0.3 is 0 Å². The van der Waals surface area contributed by atoms with E-state index in [0.717, 1.165) is 16.8 Å². The highest BCUT2D eigenvalue weighted by Gasteiger charge is 2.31. The van der Waals surface area contributed by atoms with Gasteiger partial charge >= 0.3 is 6.18 Å². The minimum absolute atomic E-state index is 0.0376. The zero-order valence-electron chi connectivity index (χ0n) is 10.5. The Labute approximate surface area is 143 Å². The minimum atomic E-state index is -4.61. The van der Waals surface area contributed by atoms with Crippen molar-refractivity contribution in [3.05, 3.63) is 62.0 Å². The lowest BCUT2D eigenvalue weighted by Crippen LogP contribution is -2.20. The molecule has 1 heterocycles. The van der Waals surface area contributed by atoms with Crippen LogP contribution in [-0.4, -0.2) is 4.57 Å². The molecule has 1 aromatic heterocycles. The molecule has 0 unspecified atom stereocenters. The van der Waals surface area contributed by atoms with Gasteiger partial charge in [-0.3, -0.25) is 9.36 Å². The van der Waals surface area contributed by atoms with Gasteiger partial charge in [0.05, 0.1) is 21.3 Å². The van der Waals surface area contributed by atoms with E-state index < -0.39 is 22.1 Å². The molecule has 22 heavy (non-hydrogen) atoms. The van der Waals surface area contributed by atoms with Gasteiger partial charge in [0.25, 0.3) is 5.56 Å². The lowest BCUT2D eigenvalue weighted by molar-refractivity contribution is -0.137. The minimum Gasteiger partial charge on any atom is -0.281 e. The fourth-order valence-corrected chi connectivity index (χ4v) is 2.72. The summed E-state index contributed by atoms with van der Waals surface area (Å²) in [6.07, 6.45) is -3.66. The van der Waals surface area contributed by atoms with Crippen molar-refractivity contribution in [2.45, 2.75) is 11.0 Å². The number of hydrogen-bond donors (Lipinski definition) is 0. The molecule has 0 aliphatic heterocycles. The molecule has 0 N–H and O–H groups in total. The van der Waals surface area contributed by atoms with Gasteiger partial charge in [-0.25, -0.2) is 0 Å². The maximum Gasteiger partial charge on any atom is 0.416 e. The van der Waals surface area contributed by atoms with Crippen molar-refractivity contribution < 1.29 is 13.2 Å². The Hall–Kier alpha value is -0.880. The molecule has 2 aromatic rings. The number of halogens is 7. The second-order valence-electron chi connectivity index (χ2n) is 4.26. The van der Waals surface area contributed by atoms with Crippen LogP contribution in [0.1, 0.15) is 16.0 Å². The van der Waals surface area contributed by atoms with E-state index in [-0.39, 0.29) is 15.7 Å². The van der Waals surface area contributed by atoms with Crippen LogP contribution in [0, 0.1) is 0 Å². The average Bonchev–Trinajstić information content (AvgIpc) is 2.38. The lowest BCUT2D eigenvalue weighted by Gasteiger charge is -2.14. The first-order valence-corrected chi connectivity index (χ1v) is 7.31. The fraction of sp³-hybridized carbons (Fsp3) is 0.154. The van der Waals surface area contributed by atoms with Gasteiger partial charge in [-0.2, -0.15) is 13.2 Å². The molecule has 118 valence electrons. The summed E-state index contributed by atoms with van der Waals surface area (Å²) in [5.41, 5.74) is -1.51. The Balaban J connectivity index is 2.61. The molecule has 0 saturated heterocycles. The predicted octanol–water partition coefficient (Wildman–Crippen LogP) is 5.64. The summed E-state index contributed by atoms with van der Waals surface area (Å²) >= 11 is 23.5. The molecule has 0 bridgehead atoms. The van der Waals surface area contributed by atoms with Crippen molar-refractivity contribution in [3.8, 4) is 5.69 Å². The van der Waals surface area contributed by atoms with E-state index >= 15 is 0 Å². The van der Waals surface area contributed by atoms with Crippen LogP contribution in [0.5, 0.6) is 0 Å². The molecule has 0 fully saturated rings. The lowest BCUT2D eigenvalue weighted by atomic mass is 10.2. The van der Waals surface area contributed by atoms with Crippen LogP contribution in [0.15, 0.2) is 35.3 Å². The predicted molar refractivity (Wildman–Crippen MR) is 81.5 cm³/mol. The van der Waals surface area contributed by atoms with Gasteiger partial charge in [0.2, 0.25) is 0 Å². The van der Waals surface area contributed by atoms with E-state index in [1.54, 1.807) is 0 Å². The average molecular weight is 391 g/mol. The van der Waals surface area contributed by atoms with Gasteiger partial charge in [0.1, 0.15) is 4.84 Å². The third-order valence-electron chi connectivity index (χ3n) is 2.78. The Kier molecular flexibility index (Phi) is 5.02. The van der Waals surface area contributed by atoms with Gasteiger partial charge in [0.15, 0.2) is 0 Å². The van der Waals surface area contributed by atoms with Crippen LogP contribution >= 0.6 is 46.4 Å². The number of pyridine rings is 1. The van der Waals surface area contributed by atoms with Gasteiger partial charge in [-0.15, -0.1) is 23.2 Å². The van der Waals surface area contributed by atoms with Gasteiger partial charge in [0, 0.05) is 12.3 Å². The third-order valence-corrected chi connectivity index (χ3v) is 3.86. The zero-order valence-corrected chi connectivity index (χ0v) is 13.5. The molecule has 9 heteroatoms. The van der Waals surface area contributed by atoms with Gasteiger partial charge in [-0.1, -0.05) is 23.2 Å². The van der Waals surface area contributed by atoms with E-state index in [4.69, 9.17) is 46.4 Å². The highest BCUT2D eigenvalue weighted by molar-refractivity contribution is 6.44. The summed E-state index contributed by atoms with van der Waals surface area (Å²) in [6, 6.07) is 4.00. The molecule has 0 radical (unpaired) electrons. The molecule has 0 atom stereocenters. The van der Waals surface area contributed by atoms with Crippen molar-refractivity contribution in [3.63, 3.8) is 0 Å². The Morgan fingerprint density at radius 3 is 2.00 bits per heavy atom. The molecular weight excluding hydrogens is 385 g/mol. The van der Waals surface area contributed by atoms with E-state index in [1.165, 1.54) is 12.1 Å². The molecule has 1 aromatic carbocycles. The monoisotopic (exact) mass is 389 g/mol. The SMILES string of the molecule is O=c1cc(C(F)(F)F)ccn1-c1c(Cl)cc(C(Cl)Cl)cc1Cl. The first kappa shape index (κ1) is 17.5. The van der Waals surface area contributed by atoms with Crippen molar-refractivity contribution in [2.24, 2.45) is 0 Å². The molecule has 0 amide bonds. The number of alkyl halides is 5. The molecule has 2 nitrogen and oxygen atoms in total. The summed E-state index contributed by atoms with van der Waals surface area (Å²) in [5.74, 6) is 0. The van der Waals surface area contributed by atoms with Crippen LogP contribution in [-0.2, 0) is 6.18 Å². The Bertz CT molecular complexity index is 748.